The van der Waals surface area contributed by atoms with E-state index in [9.17, 15) is 4.79 Å². The molecule has 1 fully saturated rings. The molecule has 0 radical (unpaired) electrons. The van der Waals surface area contributed by atoms with Gasteiger partial charge in [-0.05, 0) is 17.7 Å². The van der Waals surface area contributed by atoms with E-state index in [-0.39, 0.29) is 5.56 Å². The van der Waals surface area contributed by atoms with Gasteiger partial charge >= 0.3 is 0 Å². The van der Waals surface area contributed by atoms with E-state index in [1.165, 1.54) is 5.56 Å². The molecule has 26 heavy (non-hydrogen) atoms. The van der Waals surface area contributed by atoms with Crippen LogP contribution in [0.5, 0.6) is 0 Å². The number of hydrogen-bond donors (Lipinski definition) is 1. The van der Waals surface area contributed by atoms with Gasteiger partial charge in [-0.1, -0.05) is 23.7 Å². The number of rotatable bonds is 5. The third kappa shape index (κ3) is 4.04. The molecule has 1 aromatic heterocycles. The standard InChI is InChI=1S/C19H25ClN4O2/c20-16-3-1-15(2-4-16)13-23-6-5-18-17(14-23)19(25)24(21-18)8-7-22-9-11-26-12-10-22/h1-4,21H,5-14H2. The molecule has 0 amide bonds. The van der Waals surface area contributed by atoms with Crippen molar-refractivity contribution in [2.75, 3.05) is 39.4 Å². The van der Waals surface area contributed by atoms with Gasteiger partial charge in [0.15, 0.2) is 0 Å². The SMILES string of the molecule is O=c1c2c([nH]n1CCN1CCOCC1)CCN(Cc1ccc(Cl)cc1)C2. The van der Waals surface area contributed by atoms with E-state index in [4.69, 9.17) is 16.3 Å². The Kier molecular flexibility index (Phi) is 5.45. The molecule has 1 N–H and O–H groups in total. The molecule has 0 atom stereocenters. The molecule has 3 heterocycles. The first-order chi connectivity index (χ1) is 12.7. The summed E-state index contributed by atoms with van der Waals surface area (Å²) in [5.41, 5.74) is 3.38. The summed E-state index contributed by atoms with van der Waals surface area (Å²) in [6.07, 6.45) is 0.892. The highest BCUT2D eigenvalue weighted by Gasteiger charge is 2.23. The van der Waals surface area contributed by atoms with Crippen molar-refractivity contribution in [3.05, 3.63) is 56.5 Å². The van der Waals surface area contributed by atoms with Crippen molar-refractivity contribution in [2.45, 2.75) is 26.1 Å². The van der Waals surface area contributed by atoms with Crippen molar-refractivity contribution in [3.8, 4) is 0 Å². The maximum absolute atomic E-state index is 12.8. The second-order valence-electron chi connectivity index (χ2n) is 7.07. The Morgan fingerprint density at radius 2 is 1.81 bits per heavy atom. The van der Waals surface area contributed by atoms with Crippen molar-refractivity contribution < 1.29 is 4.74 Å². The molecule has 6 nitrogen and oxygen atoms in total. The number of aromatic nitrogens is 2. The van der Waals surface area contributed by atoms with E-state index in [1.807, 2.05) is 12.1 Å². The van der Waals surface area contributed by atoms with Crippen LogP contribution >= 0.6 is 11.6 Å². The van der Waals surface area contributed by atoms with Crippen LogP contribution in [-0.2, 0) is 30.8 Å². The second kappa shape index (κ2) is 7.96. The van der Waals surface area contributed by atoms with E-state index in [0.29, 0.717) is 13.1 Å². The lowest BCUT2D eigenvalue weighted by molar-refractivity contribution is 0.0358. The Morgan fingerprint density at radius 1 is 1.04 bits per heavy atom. The highest BCUT2D eigenvalue weighted by molar-refractivity contribution is 6.30. The zero-order valence-corrected chi connectivity index (χ0v) is 15.7. The molecule has 0 unspecified atom stereocenters. The van der Waals surface area contributed by atoms with Crippen LogP contribution < -0.4 is 5.56 Å². The van der Waals surface area contributed by atoms with Crippen LogP contribution in [0.25, 0.3) is 0 Å². The molecule has 140 valence electrons. The molecule has 0 saturated carbocycles. The summed E-state index contributed by atoms with van der Waals surface area (Å²) in [7, 11) is 0. The van der Waals surface area contributed by atoms with Crippen LogP contribution in [0, 0.1) is 0 Å². The van der Waals surface area contributed by atoms with E-state index < -0.39 is 0 Å². The van der Waals surface area contributed by atoms with Crippen LogP contribution in [-0.4, -0.2) is 59.0 Å². The molecular weight excluding hydrogens is 352 g/mol. The van der Waals surface area contributed by atoms with Gasteiger partial charge in [0, 0.05) is 56.4 Å². The molecule has 1 aromatic carbocycles. The van der Waals surface area contributed by atoms with Crippen LogP contribution in [0.15, 0.2) is 29.1 Å². The van der Waals surface area contributed by atoms with Crippen molar-refractivity contribution in [2.24, 2.45) is 0 Å². The van der Waals surface area contributed by atoms with Gasteiger partial charge < -0.3 is 4.74 Å². The lowest BCUT2D eigenvalue weighted by atomic mass is 10.1. The molecule has 0 bridgehead atoms. The number of ether oxygens (including phenoxy) is 1. The largest absolute Gasteiger partial charge is 0.379 e. The fraction of sp³-hybridized carbons (Fsp3) is 0.526. The van der Waals surface area contributed by atoms with Crippen LogP contribution in [0.1, 0.15) is 16.8 Å². The number of fused-ring (bicyclic) bond motifs is 1. The van der Waals surface area contributed by atoms with Crippen molar-refractivity contribution >= 4 is 11.6 Å². The predicted molar refractivity (Wildman–Crippen MR) is 102 cm³/mol. The highest BCUT2D eigenvalue weighted by atomic mass is 35.5. The number of morpholine rings is 1. The number of halogens is 1. The first kappa shape index (κ1) is 17.8. The number of nitrogens with one attached hydrogen (secondary N) is 1. The Morgan fingerprint density at radius 3 is 2.58 bits per heavy atom. The normalized spacial score (nSPS) is 18.8. The number of aromatic amines is 1. The number of H-pyrrole nitrogens is 1. The van der Waals surface area contributed by atoms with Gasteiger partial charge in [0.2, 0.25) is 0 Å². The Bertz CT molecular complexity index is 793. The van der Waals surface area contributed by atoms with Crippen LogP contribution in [0.2, 0.25) is 5.02 Å². The minimum Gasteiger partial charge on any atom is -0.379 e. The van der Waals surface area contributed by atoms with Crippen molar-refractivity contribution in [1.29, 1.82) is 0 Å². The minimum atomic E-state index is 0.133. The number of nitrogens with zero attached hydrogens (tertiary/aromatic N) is 3. The Balaban J connectivity index is 1.39. The Hall–Kier alpha value is -1.60. The topological polar surface area (TPSA) is 53.5 Å². The molecular formula is C19H25ClN4O2. The summed E-state index contributed by atoms with van der Waals surface area (Å²) < 4.78 is 7.16. The smallest absolute Gasteiger partial charge is 0.271 e. The average molecular weight is 377 g/mol. The Labute approximate surface area is 158 Å². The summed E-state index contributed by atoms with van der Waals surface area (Å²) in [5, 5.41) is 4.09. The minimum absolute atomic E-state index is 0.133. The zero-order valence-electron chi connectivity index (χ0n) is 14.9. The van der Waals surface area contributed by atoms with Gasteiger partial charge in [0.1, 0.15) is 0 Å². The van der Waals surface area contributed by atoms with Gasteiger partial charge in [0.25, 0.3) is 5.56 Å². The van der Waals surface area contributed by atoms with Gasteiger partial charge in [-0.3, -0.25) is 24.4 Å². The molecule has 4 rings (SSSR count). The summed E-state index contributed by atoms with van der Waals surface area (Å²) in [4.78, 5) is 17.4. The average Bonchev–Trinajstić information content (AvgIpc) is 2.98. The lowest BCUT2D eigenvalue weighted by Crippen LogP contribution is -2.39. The second-order valence-corrected chi connectivity index (χ2v) is 7.50. The molecule has 7 heteroatoms. The molecule has 0 aliphatic carbocycles. The van der Waals surface area contributed by atoms with Crippen molar-refractivity contribution in [3.63, 3.8) is 0 Å². The van der Waals surface area contributed by atoms with Crippen LogP contribution in [0.3, 0.4) is 0 Å². The van der Waals surface area contributed by atoms with E-state index in [2.05, 4.69) is 27.0 Å². The number of hydrogen-bond acceptors (Lipinski definition) is 4. The molecule has 1 saturated heterocycles. The molecule has 2 aliphatic rings. The van der Waals surface area contributed by atoms with Gasteiger partial charge in [-0.15, -0.1) is 0 Å². The molecule has 2 aliphatic heterocycles. The van der Waals surface area contributed by atoms with Crippen LogP contribution in [0.4, 0.5) is 0 Å². The molecule has 2 aromatic rings. The summed E-state index contributed by atoms with van der Waals surface area (Å²) in [5.74, 6) is 0. The first-order valence-corrected chi connectivity index (χ1v) is 9.64. The first-order valence-electron chi connectivity index (χ1n) is 9.26. The quantitative estimate of drug-likeness (QED) is 0.863. The fourth-order valence-corrected chi connectivity index (χ4v) is 3.85. The number of benzene rings is 1. The maximum Gasteiger partial charge on any atom is 0.271 e. The monoisotopic (exact) mass is 376 g/mol. The fourth-order valence-electron chi connectivity index (χ4n) is 3.72. The zero-order chi connectivity index (χ0) is 17.9. The highest BCUT2D eigenvalue weighted by Crippen LogP contribution is 2.18. The van der Waals surface area contributed by atoms with Gasteiger partial charge in [-0.25, -0.2) is 0 Å². The predicted octanol–water partition coefficient (Wildman–Crippen LogP) is 1.72. The maximum atomic E-state index is 12.8. The van der Waals surface area contributed by atoms with Gasteiger partial charge in [-0.2, -0.15) is 0 Å². The van der Waals surface area contributed by atoms with Gasteiger partial charge in [0.05, 0.1) is 25.3 Å². The third-order valence-electron chi connectivity index (χ3n) is 5.26. The summed E-state index contributed by atoms with van der Waals surface area (Å²) in [6.45, 7) is 7.58. The van der Waals surface area contributed by atoms with E-state index in [0.717, 1.165) is 68.6 Å². The molecule has 0 spiro atoms. The van der Waals surface area contributed by atoms with E-state index >= 15 is 0 Å². The van der Waals surface area contributed by atoms with E-state index in [1.54, 1.807) is 4.68 Å². The summed E-state index contributed by atoms with van der Waals surface area (Å²) in [6, 6.07) is 7.94. The van der Waals surface area contributed by atoms with Crippen molar-refractivity contribution in [1.82, 2.24) is 19.6 Å². The lowest BCUT2D eigenvalue weighted by Gasteiger charge is -2.26. The summed E-state index contributed by atoms with van der Waals surface area (Å²) >= 11 is 5.96. The third-order valence-corrected chi connectivity index (χ3v) is 5.51.